The summed E-state index contributed by atoms with van der Waals surface area (Å²) >= 11 is 3.06. The maximum Gasteiger partial charge on any atom is 0.263 e. The smallest absolute Gasteiger partial charge is 0.263 e. The number of thioether (sulfide) groups is 1. The Morgan fingerprint density at radius 2 is 2.07 bits per heavy atom. The molecule has 152 valence electrons. The molecule has 1 N–H and O–H groups in total. The van der Waals surface area contributed by atoms with E-state index in [4.69, 9.17) is 4.98 Å². The molecular weight excluding hydrogens is 390 g/mol. The lowest BCUT2D eigenvalue weighted by atomic mass is 9.89. The molecule has 2 aromatic rings. The Bertz CT molecular complexity index is 912. The van der Waals surface area contributed by atoms with Crippen molar-refractivity contribution in [2.45, 2.75) is 76.4 Å². The first-order chi connectivity index (χ1) is 13.7. The van der Waals surface area contributed by atoms with Gasteiger partial charge in [0.05, 0.1) is 11.1 Å². The number of carbonyl (C=O) groups excluding carboxylic acids is 1. The molecule has 0 spiro atoms. The zero-order chi connectivity index (χ0) is 19.5. The van der Waals surface area contributed by atoms with Gasteiger partial charge in [0, 0.05) is 18.0 Å². The second-order valence-electron chi connectivity index (χ2n) is 7.99. The van der Waals surface area contributed by atoms with Crippen LogP contribution in [0.5, 0.6) is 0 Å². The van der Waals surface area contributed by atoms with E-state index in [-0.39, 0.29) is 11.5 Å². The number of nitrogens with zero attached hydrogens (tertiary/aromatic N) is 2. The van der Waals surface area contributed by atoms with Gasteiger partial charge in [-0.25, -0.2) is 4.98 Å². The van der Waals surface area contributed by atoms with Gasteiger partial charge in [-0.15, -0.1) is 11.3 Å². The number of hydrogen-bond acceptors (Lipinski definition) is 5. The first-order valence-corrected chi connectivity index (χ1v) is 12.4. The predicted molar refractivity (Wildman–Crippen MR) is 117 cm³/mol. The monoisotopic (exact) mass is 419 g/mol. The summed E-state index contributed by atoms with van der Waals surface area (Å²) in [5.74, 6) is 0.991. The van der Waals surface area contributed by atoms with Crippen molar-refractivity contribution in [1.29, 1.82) is 0 Å². The fourth-order valence-electron chi connectivity index (χ4n) is 4.42. The minimum atomic E-state index is 0.0432. The molecule has 0 radical (unpaired) electrons. The normalized spacial score (nSPS) is 17.2. The summed E-state index contributed by atoms with van der Waals surface area (Å²) in [5.41, 5.74) is 1.31. The van der Waals surface area contributed by atoms with Crippen molar-refractivity contribution in [2.24, 2.45) is 5.92 Å². The molecule has 2 heterocycles. The molecule has 28 heavy (non-hydrogen) atoms. The fraction of sp³-hybridized carbons (Fsp3) is 0.667. The van der Waals surface area contributed by atoms with Crippen molar-refractivity contribution in [3.05, 3.63) is 20.8 Å². The van der Waals surface area contributed by atoms with E-state index in [1.807, 2.05) is 0 Å². The number of fused-ring (bicyclic) bond motifs is 3. The Labute approximate surface area is 174 Å². The average molecular weight is 420 g/mol. The van der Waals surface area contributed by atoms with Crippen LogP contribution < -0.4 is 10.9 Å². The number of hydrogen-bond donors (Lipinski definition) is 1. The van der Waals surface area contributed by atoms with E-state index < -0.39 is 0 Å². The quantitative estimate of drug-likeness (QED) is 0.541. The van der Waals surface area contributed by atoms with E-state index in [2.05, 4.69) is 12.2 Å². The number of carbonyl (C=O) groups is 1. The van der Waals surface area contributed by atoms with E-state index in [0.29, 0.717) is 23.4 Å². The number of thiophene rings is 1. The van der Waals surface area contributed by atoms with Gasteiger partial charge in [-0.05, 0) is 50.0 Å². The predicted octanol–water partition coefficient (Wildman–Crippen LogP) is 4.15. The van der Waals surface area contributed by atoms with E-state index in [1.54, 1.807) is 15.9 Å². The summed E-state index contributed by atoms with van der Waals surface area (Å²) in [7, 11) is 0. The lowest BCUT2D eigenvalue weighted by molar-refractivity contribution is -0.118. The molecule has 2 aliphatic carbocycles. The Balaban J connectivity index is 1.47. The number of amides is 1. The van der Waals surface area contributed by atoms with E-state index in [1.165, 1.54) is 54.3 Å². The van der Waals surface area contributed by atoms with Crippen LogP contribution in [0.1, 0.15) is 62.3 Å². The highest BCUT2D eigenvalue weighted by molar-refractivity contribution is 7.99. The van der Waals surface area contributed by atoms with Crippen molar-refractivity contribution >= 4 is 39.2 Å². The fourth-order valence-corrected chi connectivity index (χ4v) is 6.58. The third-order valence-electron chi connectivity index (χ3n) is 5.88. The van der Waals surface area contributed by atoms with Crippen LogP contribution in [0.4, 0.5) is 0 Å². The van der Waals surface area contributed by atoms with E-state index >= 15 is 0 Å². The molecule has 0 bridgehead atoms. The standard InChI is InChI=1S/C21H29N3O2S2/c1-2-11-24-20(26)18-15-9-6-10-16(15)28-19(18)23-21(24)27-13-17(25)22-12-14-7-4-3-5-8-14/h14H,2-13H2,1H3,(H,22,25). The van der Waals surface area contributed by atoms with Crippen LogP contribution in [0.15, 0.2) is 9.95 Å². The highest BCUT2D eigenvalue weighted by Crippen LogP contribution is 2.35. The molecule has 2 aromatic heterocycles. The molecule has 0 aliphatic heterocycles. The van der Waals surface area contributed by atoms with Gasteiger partial charge in [-0.1, -0.05) is 37.9 Å². The number of aromatic nitrogens is 2. The lowest BCUT2D eigenvalue weighted by Crippen LogP contribution is -2.32. The van der Waals surface area contributed by atoms with Crippen LogP contribution in [0, 0.1) is 5.92 Å². The van der Waals surface area contributed by atoms with Gasteiger partial charge < -0.3 is 5.32 Å². The topological polar surface area (TPSA) is 64.0 Å². The molecule has 0 saturated heterocycles. The van der Waals surface area contributed by atoms with Gasteiger partial charge in [0.2, 0.25) is 5.91 Å². The second kappa shape index (κ2) is 8.99. The zero-order valence-corrected chi connectivity index (χ0v) is 18.2. The Morgan fingerprint density at radius 3 is 2.86 bits per heavy atom. The average Bonchev–Trinajstić information content (AvgIpc) is 3.29. The molecule has 0 unspecified atom stereocenters. The molecule has 0 aromatic carbocycles. The SMILES string of the molecule is CCCn1c(SCC(=O)NCC2CCCCC2)nc2sc3c(c2c1=O)CCC3. The van der Waals surface area contributed by atoms with E-state index in [0.717, 1.165) is 42.4 Å². The van der Waals surface area contributed by atoms with Crippen LogP contribution in [-0.2, 0) is 24.2 Å². The van der Waals surface area contributed by atoms with E-state index in [9.17, 15) is 9.59 Å². The zero-order valence-electron chi connectivity index (χ0n) is 16.6. The van der Waals surface area contributed by atoms with Crippen LogP contribution >= 0.6 is 23.1 Å². The third-order valence-corrected chi connectivity index (χ3v) is 8.04. The maximum absolute atomic E-state index is 13.2. The Hall–Kier alpha value is -1.34. The van der Waals surface area contributed by atoms with Gasteiger partial charge in [0.15, 0.2) is 5.16 Å². The Morgan fingerprint density at radius 1 is 1.25 bits per heavy atom. The maximum atomic E-state index is 13.2. The summed E-state index contributed by atoms with van der Waals surface area (Å²) in [4.78, 5) is 32.5. The second-order valence-corrected chi connectivity index (χ2v) is 10.0. The summed E-state index contributed by atoms with van der Waals surface area (Å²) in [6, 6.07) is 0. The van der Waals surface area contributed by atoms with Gasteiger partial charge in [-0.2, -0.15) is 0 Å². The van der Waals surface area contributed by atoms with Crippen molar-refractivity contribution in [3.8, 4) is 0 Å². The van der Waals surface area contributed by atoms with Crippen molar-refractivity contribution < 1.29 is 4.79 Å². The molecule has 2 aliphatic rings. The summed E-state index contributed by atoms with van der Waals surface area (Å²) in [6.45, 7) is 3.50. The van der Waals surface area contributed by atoms with Crippen molar-refractivity contribution in [3.63, 3.8) is 0 Å². The first-order valence-electron chi connectivity index (χ1n) is 10.6. The molecule has 1 amide bonds. The first kappa shape index (κ1) is 20.0. The van der Waals surface area contributed by atoms with Gasteiger partial charge in [0.1, 0.15) is 4.83 Å². The van der Waals surface area contributed by atoms with Crippen LogP contribution in [0.3, 0.4) is 0 Å². The van der Waals surface area contributed by atoms with Crippen molar-refractivity contribution in [1.82, 2.24) is 14.9 Å². The highest BCUT2D eigenvalue weighted by Gasteiger charge is 2.23. The third kappa shape index (κ3) is 4.15. The molecule has 4 rings (SSSR count). The molecule has 0 atom stereocenters. The molecule has 5 nitrogen and oxygen atoms in total. The largest absolute Gasteiger partial charge is 0.355 e. The molecular formula is C21H29N3O2S2. The number of aryl methyl sites for hydroxylation is 2. The van der Waals surface area contributed by atoms with Crippen LogP contribution in [0.2, 0.25) is 0 Å². The van der Waals surface area contributed by atoms with Crippen molar-refractivity contribution in [2.75, 3.05) is 12.3 Å². The summed E-state index contributed by atoms with van der Waals surface area (Å²) < 4.78 is 1.78. The van der Waals surface area contributed by atoms with Gasteiger partial charge in [0.25, 0.3) is 5.56 Å². The molecule has 1 saturated carbocycles. The summed E-state index contributed by atoms with van der Waals surface area (Å²) in [6.07, 6.45) is 10.4. The van der Waals surface area contributed by atoms with Gasteiger partial charge in [-0.3, -0.25) is 14.2 Å². The highest BCUT2D eigenvalue weighted by atomic mass is 32.2. The molecule has 1 fully saturated rings. The van der Waals surface area contributed by atoms with Crippen LogP contribution in [0.25, 0.3) is 10.2 Å². The van der Waals surface area contributed by atoms with Gasteiger partial charge >= 0.3 is 0 Å². The lowest BCUT2D eigenvalue weighted by Gasteiger charge is -2.21. The van der Waals surface area contributed by atoms with Crippen LogP contribution in [-0.4, -0.2) is 27.8 Å². The molecule has 7 heteroatoms. The number of rotatable bonds is 7. The summed E-state index contributed by atoms with van der Waals surface area (Å²) in [5, 5.41) is 4.60. The Kier molecular flexibility index (Phi) is 6.41. The minimum Gasteiger partial charge on any atom is -0.355 e. The minimum absolute atomic E-state index is 0.0432. The number of nitrogens with one attached hydrogen (secondary N) is 1.